The van der Waals surface area contributed by atoms with Gasteiger partial charge >= 0.3 is 0 Å². The van der Waals surface area contributed by atoms with E-state index in [4.69, 9.17) is 5.73 Å². The van der Waals surface area contributed by atoms with E-state index < -0.39 is 0 Å². The second kappa shape index (κ2) is 8.79. The molecule has 2 aromatic rings. The molecule has 6 heteroatoms. The van der Waals surface area contributed by atoms with Crippen molar-refractivity contribution in [2.75, 3.05) is 12.3 Å². The number of rotatable bonds is 4. The predicted octanol–water partition coefficient (Wildman–Crippen LogP) is 3.61. The zero-order valence-corrected chi connectivity index (χ0v) is 14.5. The number of amides is 1. The molecule has 0 fully saturated rings. The first-order valence-corrected chi connectivity index (χ1v) is 8.35. The summed E-state index contributed by atoms with van der Waals surface area (Å²) in [6.07, 6.45) is 5.39. The molecule has 0 saturated carbocycles. The average Bonchev–Trinajstić information content (AvgIpc) is 2.65. The van der Waals surface area contributed by atoms with Crippen molar-refractivity contribution in [1.29, 1.82) is 0 Å². The number of aromatic nitrogens is 2. The zero-order chi connectivity index (χ0) is 17.4. The lowest BCUT2D eigenvalue weighted by Crippen LogP contribution is -2.23. The van der Waals surface area contributed by atoms with Gasteiger partial charge in [0.05, 0.1) is 16.9 Å². The van der Waals surface area contributed by atoms with E-state index >= 15 is 0 Å². The molecule has 0 unspecified atom stereocenters. The molecular formula is C18H20N4OS. The maximum absolute atomic E-state index is 12.3. The van der Waals surface area contributed by atoms with E-state index in [1.54, 1.807) is 30.0 Å². The molecule has 0 spiro atoms. The summed E-state index contributed by atoms with van der Waals surface area (Å²) < 4.78 is 0. The van der Waals surface area contributed by atoms with Crippen LogP contribution in [-0.4, -0.2) is 22.4 Å². The van der Waals surface area contributed by atoms with Crippen LogP contribution in [0, 0.1) is 0 Å². The lowest BCUT2D eigenvalue weighted by atomic mass is 10.2. The summed E-state index contributed by atoms with van der Waals surface area (Å²) in [7, 11) is 0. The zero-order valence-electron chi connectivity index (χ0n) is 13.7. The van der Waals surface area contributed by atoms with E-state index in [0.717, 1.165) is 16.8 Å². The lowest BCUT2D eigenvalue weighted by Gasteiger charge is -2.02. The number of hydrogen-bond acceptors (Lipinski definition) is 5. The number of carbonyl (C=O) groups excluding carboxylic acids is 1. The number of nitrogens with one attached hydrogen (secondary N) is 1. The van der Waals surface area contributed by atoms with Crippen molar-refractivity contribution in [2.45, 2.75) is 13.8 Å². The number of nitrogens with two attached hydrogens (primary N) is 1. The number of hydrogen-bond donors (Lipinski definition) is 2. The van der Waals surface area contributed by atoms with Gasteiger partial charge in [0, 0.05) is 24.5 Å². The molecule has 0 aliphatic carbocycles. The van der Waals surface area contributed by atoms with Crippen LogP contribution in [0.25, 0.3) is 11.3 Å². The molecule has 0 aliphatic rings. The van der Waals surface area contributed by atoms with E-state index in [0.29, 0.717) is 17.1 Å². The number of nitrogens with zero attached hydrogens (tertiary/aromatic N) is 2. The van der Waals surface area contributed by atoms with E-state index in [9.17, 15) is 4.79 Å². The molecule has 5 nitrogen and oxygen atoms in total. The minimum atomic E-state index is -0.212. The van der Waals surface area contributed by atoms with Crippen LogP contribution in [0.4, 0.5) is 5.69 Å². The fourth-order valence-corrected chi connectivity index (χ4v) is 2.52. The standard InChI is InChI=1S/C18H20N4OS/c1-13(2)8-10-21-18(23)17-15(19)6-3-7-16(22-12-24-17)14-5-4-9-20-11-14/h3-9,11-12H,10,19H2,1-2H3,(H,21,23). The van der Waals surface area contributed by atoms with Gasteiger partial charge in [-0.05, 0) is 38.1 Å². The third-order valence-electron chi connectivity index (χ3n) is 3.09. The van der Waals surface area contributed by atoms with Gasteiger partial charge in [-0.2, -0.15) is 0 Å². The fraction of sp³-hybridized carbons (Fsp3) is 0.167. The molecule has 0 aliphatic heterocycles. The van der Waals surface area contributed by atoms with Gasteiger partial charge in [0.1, 0.15) is 4.88 Å². The van der Waals surface area contributed by atoms with Gasteiger partial charge in [-0.25, -0.2) is 4.98 Å². The Kier molecular flexibility index (Phi) is 6.45. The van der Waals surface area contributed by atoms with Crippen molar-refractivity contribution in [1.82, 2.24) is 15.3 Å². The Bertz CT molecular complexity index is 779. The maximum Gasteiger partial charge on any atom is 0.263 e. The summed E-state index contributed by atoms with van der Waals surface area (Å²) >= 11 is 1.20. The van der Waals surface area contributed by atoms with Crippen LogP contribution in [0.5, 0.6) is 0 Å². The molecule has 1 amide bonds. The Morgan fingerprint density at radius 3 is 2.83 bits per heavy atom. The maximum atomic E-state index is 12.3. The highest BCUT2D eigenvalue weighted by Gasteiger charge is 2.07. The Balaban J connectivity index is 2.32. The molecule has 0 atom stereocenters. The van der Waals surface area contributed by atoms with Crippen LogP contribution >= 0.6 is 11.3 Å². The first-order chi connectivity index (χ1) is 11.6. The lowest BCUT2D eigenvalue weighted by molar-refractivity contribution is 0.0962. The van der Waals surface area contributed by atoms with Gasteiger partial charge in [-0.1, -0.05) is 17.7 Å². The number of carbonyl (C=O) groups is 1. The predicted molar refractivity (Wildman–Crippen MR) is 99.1 cm³/mol. The summed E-state index contributed by atoms with van der Waals surface area (Å²) in [6, 6.07) is 9.10. The van der Waals surface area contributed by atoms with Gasteiger partial charge in [0.2, 0.25) is 0 Å². The van der Waals surface area contributed by atoms with Crippen LogP contribution in [0.1, 0.15) is 23.5 Å². The van der Waals surface area contributed by atoms with Crippen LogP contribution in [0.15, 0.2) is 59.9 Å². The van der Waals surface area contributed by atoms with Gasteiger partial charge in [0.15, 0.2) is 0 Å². The molecule has 0 saturated heterocycles. The summed E-state index contributed by atoms with van der Waals surface area (Å²) in [4.78, 5) is 21.2. The summed E-state index contributed by atoms with van der Waals surface area (Å²) in [6.45, 7) is 4.43. The van der Waals surface area contributed by atoms with Crippen LogP contribution in [0.3, 0.4) is 0 Å². The molecule has 24 heavy (non-hydrogen) atoms. The van der Waals surface area contributed by atoms with E-state index in [2.05, 4.69) is 15.3 Å². The van der Waals surface area contributed by atoms with Crippen LogP contribution < -0.4 is 11.1 Å². The quantitative estimate of drug-likeness (QED) is 0.833. The molecular weight excluding hydrogens is 320 g/mol. The first-order valence-electron chi connectivity index (χ1n) is 7.47. The van der Waals surface area contributed by atoms with Crippen LogP contribution in [0.2, 0.25) is 0 Å². The SMILES string of the molecule is CC(C)=CCNC(=O)c1scnc(-c2cccnc2)cccc1N. The monoisotopic (exact) mass is 340 g/mol. The van der Waals surface area contributed by atoms with Crippen molar-refractivity contribution in [3.8, 4) is 11.3 Å². The highest BCUT2D eigenvalue weighted by molar-refractivity contribution is 7.11. The molecule has 0 bridgehead atoms. The Morgan fingerprint density at radius 1 is 1.29 bits per heavy atom. The largest absolute Gasteiger partial charge is 0.397 e. The third kappa shape index (κ3) is 5.17. The smallest absolute Gasteiger partial charge is 0.263 e. The van der Waals surface area contributed by atoms with Crippen molar-refractivity contribution in [2.24, 2.45) is 0 Å². The van der Waals surface area contributed by atoms with Crippen molar-refractivity contribution < 1.29 is 4.79 Å². The number of anilines is 1. The second-order valence-corrected chi connectivity index (χ2v) is 6.14. The summed E-state index contributed by atoms with van der Waals surface area (Å²) in [5, 5.41) is 2.83. The minimum absolute atomic E-state index is 0.212. The topological polar surface area (TPSA) is 80.9 Å². The number of allylic oxidation sites excluding steroid dienone is 1. The first kappa shape index (κ1) is 17.6. The van der Waals surface area contributed by atoms with Crippen molar-refractivity contribution in [3.05, 3.63) is 64.8 Å². The van der Waals surface area contributed by atoms with Gasteiger partial charge in [0.25, 0.3) is 5.91 Å². The van der Waals surface area contributed by atoms with Gasteiger partial charge in [-0.15, -0.1) is 11.3 Å². The van der Waals surface area contributed by atoms with E-state index in [1.807, 2.05) is 38.1 Å². The normalized spacial score (nSPS) is 9.75. The van der Waals surface area contributed by atoms with Gasteiger partial charge in [-0.3, -0.25) is 9.78 Å². The number of nitrogen functional groups attached to an aromatic ring is 1. The molecule has 3 N–H and O–H groups in total. The highest BCUT2D eigenvalue weighted by atomic mass is 32.1. The number of pyridine rings is 1. The molecule has 2 heterocycles. The Labute approximate surface area is 145 Å². The van der Waals surface area contributed by atoms with Crippen molar-refractivity contribution >= 4 is 22.9 Å². The highest BCUT2D eigenvalue weighted by Crippen LogP contribution is 2.17. The second-order valence-electron chi connectivity index (χ2n) is 5.28. The van der Waals surface area contributed by atoms with Gasteiger partial charge < -0.3 is 11.1 Å². The molecule has 2 rings (SSSR count). The van der Waals surface area contributed by atoms with Crippen molar-refractivity contribution in [3.63, 3.8) is 0 Å². The average molecular weight is 340 g/mol. The minimum Gasteiger partial charge on any atom is -0.397 e. The van der Waals surface area contributed by atoms with Crippen LogP contribution in [-0.2, 0) is 0 Å². The van der Waals surface area contributed by atoms with E-state index in [1.165, 1.54) is 11.3 Å². The Morgan fingerprint density at radius 2 is 2.12 bits per heavy atom. The third-order valence-corrected chi connectivity index (χ3v) is 3.96. The molecule has 2 aromatic heterocycles. The van der Waals surface area contributed by atoms with E-state index in [-0.39, 0.29) is 5.91 Å². The summed E-state index contributed by atoms with van der Waals surface area (Å²) in [5.41, 5.74) is 10.9. The molecule has 0 aromatic carbocycles. The summed E-state index contributed by atoms with van der Waals surface area (Å²) in [5.74, 6) is -0.212. The molecule has 124 valence electrons. The fourth-order valence-electron chi connectivity index (χ4n) is 1.86. The molecule has 0 radical (unpaired) electrons. The Hall–Kier alpha value is -2.73.